The average molecular weight is 334 g/mol. The highest BCUT2D eigenvalue weighted by atomic mass is 127. The third-order valence-electron chi connectivity index (χ3n) is 1.64. The Kier molecular flexibility index (Phi) is 8.50. The van der Waals surface area contributed by atoms with E-state index in [4.69, 9.17) is 0 Å². The first-order chi connectivity index (χ1) is 6.86. The van der Waals surface area contributed by atoms with Gasteiger partial charge in [0.15, 0.2) is 0 Å². The van der Waals surface area contributed by atoms with Gasteiger partial charge in [-0.1, -0.05) is 30.9 Å². The molecule has 0 amide bonds. The maximum absolute atomic E-state index is 3.66. The summed E-state index contributed by atoms with van der Waals surface area (Å²) in [6, 6.07) is 10.1. The second-order valence-corrected chi connectivity index (χ2v) is 3.51. The highest BCUT2D eigenvalue weighted by molar-refractivity contribution is 8.13. The van der Waals surface area contributed by atoms with Crippen molar-refractivity contribution in [2.24, 2.45) is 0 Å². The number of nitrogens with one attached hydrogen (secondary N) is 2. The second-order valence-electron chi connectivity index (χ2n) is 2.69. The molecule has 4 heteroatoms. The zero-order chi connectivity index (χ0) is 10.2. The highest BCUT2D eigenvalue weighted by Crippen LogP contribution is 2.06. The van der Waals surface area contributed by atoms with Crippen molar-refractivity contribution in [3.05, 3.63) is 43.0 Å². The van der Waals surface area contributed by atoms with Crippen molar-refractivity contribution in [1.82, 2.24) is 0 Å². The molecule has 1 rings (SSSR count). The summed E-state index contributed by atoms with van der Waals surface area (Å²) in [7, 11) is 0. The van der Waals surface area contributed by atoms with Gasteiger partial charge in [0, 0.05) is 0 Å². The molecule has 0 unspecified atom stereocenters. The summed E-state index contributed by atoms with van der Waals surface area (Å²) in [5, 5.41) is 4.32. The van der Waals surface area contributed by atoms with Crippen molar-refractivity contribution in [3.63, 3.8) is 0 Å². The molecule has 0 saturated carbocycles. The Morgan fingerprint density at radius 2 is 2.13 bits per heavy atom. The predicted molar refractivity (Wildman–Crippen MR) is 64.6 cm³/mol. The normalized spacial score (nSPS) is 10.3. The van der Waals surface area contributed by atoms with E-state index in [1.165, 1.54) is 0 Å². The number of benzene rings is 1. The first-order valence-corrected chi connectivity index (χ1v) is 5.67. The zero-order valence-electron chi connectivity index (χ0n) is 8.66. The van der Waals surface area contributed by atoms with E-state index < -0.39 is 0 Å². The molecular formula is C11H15IN2S. The van der Waals surface area contributed by atoms with E-state index in [9.17, 15) is 0 Å². The molecule has 15 heavy (non-hydrogen) atoms. The maximum Gasteiger partial charge on any atom is 0.309 e. The maximum atomic E-state index is 3.66. The Labute approximate surface area is 112 Å². The van der Waals surface area contributed by atoms with Crippen molar-refractivity contribution < 1.29 is 29.0 Å². The van der Waals surface area contributed by atoms with Crippen LogP contribution in [0.1, 0.15) is 0 Å². The third kappa shape index (κ3) is 5.84. The van der Waals surface area contributed by atoms with Crippen LogP contribution in [0.25, 0.3) is 0 Å². The smallest absolute Gasteiger partial charge is 0.309 e. The monoisotopic (exact) mass is 334 g/mol. The lowest BCUT2D eigenvalue weighted by atomic mass is 10.3. The summed E-state index contributed by atoms with van der Waals surface area (Å²) in [5.41, 5.74) is 1.09. The van der Waals surface area contributed by atoms with E-state index in [1.54, 1.807) is 11.8 Å². The van der Waals surface area contributed by atoms with Gasteiger partial charge in [-0.15, -0.1) is 0 Å². The number of anilines is 1. The Balaban J connectivity index is 0.00000196. The van der Waals surface area contributed by atoms with Gasteiger partial charge in [-0.2, -0.15) is 0 Å². The van der Waals surface area contributed by atoms with Gasteiger partial charge in [-0.05, 0) is 30.2 Å². The van der Waals surface area contributed by atoms with Crippen molar-refractivity contribution in [2.75, 3.05) is 18.1 Å². The Morgan fingerprint density at radius 1 is 1.47 bits per heavy atom. The molecule has 2 nitrogen and oxygen atoms in total. The van der Waals surface area contributed by atoms with Crippen LogP contribution in [0.3, 0.4) is 0 Å². The molecule has 0 atom stereocenters. The topological polar surface area (TPSA) is 26.0 Å². The van der Waals surface area contributed by atoms with Crippen molar-refractivity contribution in [3.8, 4) is 0 Å². The van der Waals surface area contributed by atoms with Crippen LogP contribution in [0.15, 0.2) is 43.0 Å². The Bertz CT molecular complexity index is 312. The highest BCUT2D eigenvalue weighted by Gasteiger charge is 2.03. The van der Waals surface area contributed by atoms with Crippen LogP contribution in [0, 0.1) is 0 Å². The summed E-state index contributed by atoms with van der Waals surface area (Å²) < 4.78 is 0. The number of halogens is 1. The molecule has 0 aliphatic rings. The van der Waals surface area contributed by atoms with Crippen LogP contribution in [-0.4, -0.2) is 18.0 Å². The number of amidine groups is 1. The lowest BCUT2D eigenvalue weighted by molar-refractivity contribution is -0.441. The first kappa shape index (κ1) is 14.5. The number of rotatable bonds is 3. The molecule has 0 radical (unpaired) electrons. The van der Waals surface area contributed by atoms with Gasteiger partial charge in [-0.3, -0.25) is 4.99 Å². The third-order valence-corrected chi connectivity index (χ3v) is 2.30. The van der Waals surface area contributed by atoms with E-state index in [0.717, 1.165) is 17.4 Å². The van der Waals surface area contributed by atoms with Crippen molar-refractivity contribution >= 4 is 22.6 Å². The zero-order valence-corrected chi connectivity index (χ0v) is 11.6. The summed E-state index contributed by atoms with van der Waals surface area (Å²) >= 11 is 1.65. The minimum atomic E-state index is 0. The van der Waals surface area contributed by atoms with E-state index in [0.29, 0.717) is 0 Å². The van der Waals surface area contributed by atoms with Gasteiger partial charge < -0.3 is 24.0 Å². The van der Waals surface area contributed by atoms with E-state index in [1.807, 2.05) is 42.7 Å². The average Bonchev–Trinajstić information content (AvgIpc) is 2.25. The van der Waals surface area contributed by atoms with Crippen LogP contribution < -0.4 is 34.3 Å². The minimum Gasteiger partial charge on any atom is -1.00 e. The summed E-state index contributed by atoms with van der Waals surface area (Å²) in [5.74, 6) is 0. The van der Waals surface area contributed by atoms with Crippen molar-refractivity contribution in [2.45, 2.75) is 0 Å². The Hall–Kier alpha value is -0.490. The van der Waals surface area contributed by atoms with Crippen LogP contribution >= 0.6 is 11.8 Å². The molecule has 0 fully saturated rings. The van der Waals surface area contributed by atoms with Crippen LogP contribution in [0.4, 0.5) is 5.69 Å². The molecular weight excluding hydrogens is 319 g/mol. The fourth-order valence-electron chi connectivity index (χ4n) is 0.985. The molecule has 2 N–H and O–H groups in total. The van der Waals surface area contributed by atoms with Gasteiger partial charge >= 0.3 is 5.17 Å². The molecule has 0 saturated heterocycles. The quantitative estimate of drug-likeness (QED) is 0.292. The first-order valence-electron chi connectivity index (χ1n) is 4.44. The lowest BCUT2D eigenvalue weighted by Gasteiger charge is -1.98. The molecule has 1 aromatic carbocycles. The molecule has 0 heterocycles. The van der Waals surface area contributed by atoms with E-state index in [-0.39, 0.29) is 24.0 Å². The van der Waals surface area contributed by atoms with Crippen LogP contribution in [0.5, 0.6) is 0 Å². The molecule has 0 aliphatic heterocycles. The fraction of sp³-hybridized carbons (Fsp3) is 0.182. The summed E-state index contributed by atoms with van der Waals surface area (Å²) in [6.07, 6.45) is 3.87. The van der Waals surface area contributed by atoms with Gasteiger partial charge in [0.05, 0.1) is 0 Å². The van der Waals surface area contributed by atoms with E-state index in [2.05, 4.69) is 16.9 Å². The number of hydrogen-bond donors (Lipinski definition) is 2. The SMILES string of the molecule is C=CC[NH+]=C(Nc1ccccc1)SC.[I-]. The van der Waals surface area contributed by atoms with Gasteiger partial charge in [0.25, 0.3) is 0 Å². The number of thioether (sulfide) groups is 1. The molecule has 1 aromatic rings. The fourth-order valence-corrected chi connectivity index (χ4v) is 1.43. The largest absolute Gasteiger partial charge is 1.00 e. The van der Waals surface area contributed by atoms with Crippen molar-refractivity contribution in [1.29, 1.82) is 0 Å². The molecule has 0 aromatic heterocycles. The molecule has 0 aliphatic carbocycles. The Morgan fingerprint density at radius 3 is 2.67 bits per heavy atom. The number of para-hydroxylation sites is 1. The second kappa shape index (κ2) is 8.79. The number of hydrogen-bond acceptors (Lipinski definition) is 1. The summed E-state index contributed by atoms with van der Waals surface area (Å²) in [6.45, 7) is 4.43. The van der Waals surface area contributed by atoms with Gasteiger partial charge in [0.1, 0.15) is 12.2 Å². The van der Waals surface area contributed by atoms with Crippen LogP contribution in [-0.2, 0) is 0 Å². The van der Waals surface area contributed by atoms with Gasteiger partial charge in [0.2, 0.25) is 0 Å². The van der Waals surface area contributed by atoms with Crippen LogP contribution in [0.2, 0.25) is 0 Å². The summed E-state index contributed by atoms with van der Waals surface area (Å²) in [4.78, 5) is 3.22. The minimum absolute atomic E-state index is 0. The lowest BCUT2D eigenvalue weighted by Crippen LogP contribution is -3.00. The molecule has 0 spiro atoms. The molecule has 0 bridgehead atoms. The van der Waals surface area contributed by atoms with Gasteiger partial charge in [-0.25, -0.2) is 5.32 Å². The predicted octanol–water partition coefficient (Wildman–Crippen LogP) is -1.91. The molecule has 82 valence electrons. The standard InChI is InChI=1S/C11H14N2S.HI/c1-3-9-12-11(14-2)13-10-7-5-4-6-8-10;/h3-8H,1,9H2,2H3,(H,12,13);1H. The van der Waals surface area contributed by atoms with E-state index >= 15 is 0 Å².